The fourth-order valence-corrected chi connectivity index (χ4v) is 6.56. The summed E-state index contributed by atoms with van der Waals surface area (Å²) in [6.45, 7) is 13.3. The molecule has 1 N–H and O–H groups in total. The molecule has 0 saturated carbocycles. The molecule has 8 nitrogen and oxygen atoms in total. The molecule has 37 heavy (non-hydrogen) atoms. The van der Waals surface area contributed by atoms with E-state index in [1.807, 2.05) is 6.92 Å². The first-order valence-electron chi connectivity index (χ1n) is 14.1. The third-order valence-corrected chi connectivity index (χ3v) is 8.33. The Morgan fingerprint density at radius 3 is 2.59 bits per heavy atom. The predicted octanol–water partition coefficient (Wildman–Crippen LogP) is 3.63. The molecule has 0 aromatic heterocycles. The van der Waals surface area contributed by atoms with Crippen LogP contribution in [0.4, 0.5) is 0 Å². The van der Waals surface area contributed by atoms with Crippen LogP contribution < -0.4 is 0 Å². The third kappa shape index (κ3) is 5.80. The van der Waals surface area contributed by atoms with Gasteiger partial charge in [0, 0.05) is 26.2 Å². The summed E-state index contributed by atoms with van der Waals surface area (Å²) < 4.78 is 12.2. The standard InChI is InChI=1S/C29H46N2O6/c1-5-8-12-18-30(17-7-3)26(34)24-29-16-15-28(4,37-29)23(27(35)36-21-9-6-2)22(29)25(33)31(24)19-13-10-11-14-20-32/h6-7,22-24,32H,2-3,5,8-21H2,1,4H3/t22-,23+,24?,28-,29?/m0/s1. The number of likely N-dealkylation sites (tertiary alicyclic amines) is 1. The Balaban J connectivity index is 1.92. The van der Waals surface area contributed by atoms with Crippen LogP contribution in [0.25, 0.3) is 0 Å². The quantitative estimate of drug-likeness (QED) is 0.179. The Labute approximate surface area is 222 Å². The lowest BCUT2D eigenvalue weighted by molar-refractivity contribution is -0.160. The molecule has 3 fully saturated rings. The number of carbonyl (C=O) groups is 3. The average Bonchev–Trinajstić information content (AvgIpc) is 3.44. The van der Waals surface area contributed by atoms with Gasteiger partial charge in [0.05, 0.1) is 18.1 Å². The van der Waals surface area contributed by atoms with Crippen molar-refractivity contribution in [2.45, 2.75) is 95.3 Å². The molecule has 2 unspecified atom stereocenters. The summed E-state index contributed by atoms with van der Waals surface area (Å²) in [6.07, 6.45) is 11.2. The Bertz CT molecular complexity index is 846. The molecule has 3 aliphatic rings. The number of unbranched alkanes of at least 4 members (excludes halogenated alkanes) is 5. The molecule has 3 rings (SSSR count). The molecule has 0 aromatic carbocycles. The van der Waals surface area contributed by atoms with Gasteiger partial charge in [0.15, 0.2) is 0 Å². The number of rotatable bonds is 17. The van der Waals surface area contributed by atoms with Crippen LogP contribution in [0.15, 0.2) is 25.3 Å². The van der Waals surface area contributed by atoms with Crippen molar-refractivity contribution in [3.8, 4) is 0 Å². The summed E-state index contributed by atoms with van der Waals surface area (Å²) in [5.74, 6) is -2.18. The summed E-state index contributed by atoms with van der Waals surface area (Å²) in [7, 11) is 0. The zero-order valence-corrected chi connectivity index (χ0v) is 22.8. The third-order valence-electron chi connectivity index (χ3n) is 8.33. The summed E-state index contributed by atoms with van der Waals surface area (Å²) in [6, 6.07) is -0.766. The molecule has 3 aliphatic heterocycles. The van der Waals surface area contributed by atoms with E-state index in [4.69, 9.17) is 14.6 Å². The highest BCUT2D eigenvalue weighted by Gasteiger charge is 2.78. The van der Waals surface area contributed by atoms with Gasteiger partial charge in [-0.1, -0.05) is 44.8 Å². The van der Waals surface area contributed by atoms with E-state index in [2.05, 4.69) is 20.1 Å². The van der Waals surface area contributed by atoms with E-state index < -0.39 is 35.0 Å². The van der Waals surface area contributed by atoms with E-state index in [0.717, 1.165) is 38.5 Å². The van der Waals surface area contributed by atoms with Gasteiger partial charge in [0.2, 0.25) is 11.8 Å². The molecule has 1 spiro atoms. The fourth-order valence-electron chi connectivity index (χ4n) is 6.56. The summed E-state index contributed by atoms with van der Waals surface area (Å²) in [4.78, 5) is 45.0. The molecular formula is C29H46N2O6. The van der Waals surface area contributed by atoms with Gasteiger partial charge in [-0.2, -0.15) is 0 Å². The maximum Gasteiger partial charge on any atom is 0.312 e. The van der Waals surface area contributed by atoms with E-state index in [0.29, 0.717) is 45.3 Å². The molecule has 0 aliphatic carbocycles. The molecule has 2 amide bonds. The lowest BCUT2D eigenvalue weighted by Crippen LogP contribution is -2.56. The van der Waals surface area contributed by atoms with Gasteiger partial charge in [0.1, 0.15) is 17.6 Å². The second kappa shape index (κ2) is 13.1. The molecular weight excluding hydrogens is 472 g/mol. The van der Waals surface area contributed by atoms with Crippen LogP contribution in [0.2, 0.25) is 0 Å². The van der Waals surface area contributed by atoms with Crippen molar-refractivity contribution in [2.75, 3.05) is 32.8 Å². The van der Waals surface area contributed by atoms with Crippen molar-refractivity contribution in [2.24, 2.45) is 11.8 Å². The smallest absolute Gasteiger partial charge is 0.312 e. The van der Waals surface area contributed by atoms with Crippen LogP contribution in [-0.2, 0) is 23.9 Å². The van der Waals surface area contributed by atoms with Crippen LogP contribution in [0, 0.1) is 11.8 Å². The number of hydrogen-bond donors (Lipinski definition) is 1. The van der Waals surface area contributed by atoms with Crippen LogP contribution in [0.1, 0.15) is 78.1 Å². The van der Waals surface area contributed by atoms with Gasteiger partial charge >= 0.3 is 5.97 Å². The summed E-state index contributed by atoms with van der Waals surface area (Å²) in [5.41, 5.74) is -1.86. The van der Waals surface area contributed by atoms with E-state index in [1.165, 1.54) is 0 Å². The van der Waals surface area contributed by atoms with Crippen LogP contribution in [-0.4, -0.2) is 82.8 Å². The van der Waals surface area contributed by atoms with E-state index in [1.54, 1.807) is 22.0 Å². The maximum absolute atomic E-state index is 14.2. The first-order chi connectivity index (χ1) is 17.8. The number of aliphatic hydroxyl groups excluding tert-OH is 1. The molecule has 208 valence electrons. The van der Waals surface area contributed by atoms with E-state index in [-0.39, 0.29) is 25.0 Å². The monoisotopic (exact) mass is 518 g/mol. The zero-order valence-electron chi connectivity index (χ0n) is 22.8. The predicted molar refractivity (Wildman–Crippen MR) is 142 cm³/mol. The minimum Gasteiger partial charge on any atom is -0.465 e. The Morgan fingerprint density at radius 1 is 1.16 bits per heavy atom. The zero-order chi connectivity index (χ0) is 27.1. The number of esters is 1. The van der Waals surface area contributed by atoms with Crippen molar-refractivity contribution < 1.29 is 29.0 Å². The normalized spacial score (nSPS) is 29.9. The Kier molecular flexibility index (Phi) is 10.4. The van der Waals surface area contributed by atoms with Gasteiger partial charge in [-0.3, -0.25) is 14.4 Å². The van der Waals surface area contributed by atoms with Gasteiger partial charge in [-0.05, 0) is 45.4 Å². The van der Waals surface area contributed by atoms with Crippen LogP contribution in [0.3, 0.4) is 0 Å². The molecule has 2 bridgehead atoms. The lowest BCUT2D eigenvalue weighted by Gasteiger charge is -2.37. The first-order valence-corrected chi connectivity index (χ1v) is 14.1. The number of nitrogens with zero attached hydrogens (tertiary/aromatic N) is 2. The van der Waals surface area contributed by atoms with Gasteiger partial charge < -0.3 is 24.4 Å². The van der Waals surface area contributed by atoms with Crippen LogP contribution >= 0.6 is 0 Å². The number of hydrogen-bond acceptors (Lipinski definition) is 6. The SMILES string of the molecule is C=CCCOC(=O)[C@H]1[C@H]2C(=O)N(CCCCCCO)C(C(=O)N(CC=C)CCCCC)C23CC[C@]1(C)O3. The largest absolute Gasteiger partial charge is 0.465 e. The first kappa shape index (κ1) is 29.4. The average molecular weight is 519 g/mol. The van der Waals surface area contributed by atoms with Crippen LogP contribution in [0.5, 0.6) is 0 Å². The lowest BCUT2D eigenvalue weighted by atomic mass is 9.66. The van der Waals surface area contributed by atoms with E-state index in [9.17, 15) is 14.4 Å². The van der Waals surface area contributed by atoms with Crippen molar-refractivity contribution >= 4 is 17.8 Å². The topological polar surface area (TPSA) is 96.4 Å². The number of aliphatic hydroxyl groups is 1. The number of ether oxygens (including phenoxy) is 2. The van der Waals surface area contributed by atoms with E-state index >= 15 is 0 Å². The maximum atomic E-state index is 14.2. The Hall–Kier alpha value is -2.19. The number of carbonyl (C=O) groups excluding carboxylic acids is 3. The van der Waals surface area contributed by atoms with Crippen molar-refractivity contribution in [1.29, 1.82) is 0 Å². The fraction of sp³-hybridized carbons (Fsp3) is 0.759. The molecule has 5 atom stereocenters. The highest BCUT2D eigenvalue weighted by Crippen LogP contribution is 2.63. The van der Waals surface area contributed by atoms with Gasteiger partial charge in [-0.25, -0.2) is 0 Å². The second-order valence-electron chi connectivity index (χ2n) is 10.9. The van der Waals surface area contributed by atoms with Gasteiger partial charge in [-0.15, -0.1) is 13.2 Å². The summed E-state index contributed by atoms with van der Waals surface area (Å²) >= 11 is 0. The van der Waals surface area contributed by atoms with Gasteiger partial charge in [0.25, 0.3) is 0 Å². The highest BCUT2D eigenvalue weighted by molar-refractivity contribution is 5.98. The molecule has 0 aromatic rings. The minimum absolute atomic E-state index is 0.118. The van der Waals surface area contributed by atoms with Crippen molar-refractivity contribution in [3.63, 3.8) is 0 Å². The molecule has 3 saturated heterocycles. The van der Waals surface area contributed by atoms with Crippen molar-refractivity contribution in [3.05, 3.63) is 25.3 Å². The summed E-state index contributed by atoms with van der Waals surface area (Å²) in [5, 5.41) is 9.11. The second-order valence-corrected chi connectivity index (χ2v) is 10.9. The minimum atomic E-state index is -1.03. The van der Waals surface area contributed by atoms with Crippen molar-refractivity contribution in [1.82, 2.24) is 9.80 Å². The number of amides is 2. The molecule has 0 radical (unpaired) electrons. The number of fused-ring (bicyclic) bond motifs is 1. The Morgan fingerprint density at radius 2 is 1.92 bits per heavy atom. The highest BCUT2D eigenvalue weighted by atomic mass is 16.6. The molecule has 3 heterocycles. The molecule has 8 heteroatoms.